The Balaban J connectivity index is 1.80. The standard InChI is InChI=1S/C18H20Cl2N2O4S/c1-27-6-4-15(16(23)21-9-10-3-2-5-26-10)22-17(24)11-7-13(19)14(20)8-12(11)18(22)25/h7-8,10,15H,2-6,9H2,1H3,(H,21,23)/t10-,15+/m0/s1. The van der Waals surface area contributed by atoms with E-state index in [4.69, 9.17) is 27.9 Å². The second-order valence-electron chi connectivity index (χ2n) is 6.47. The van der Waals surface area contributed by atoms with E-state index in [0.717, 1.165) is 17.7 Å². The number of ether oxygens (including phenoxy) is 1. The number of hydrogen-bond donors (Lipinski definition) is 1. The van der Waals surface area contributed by atoms with Crippen molar-refractivity contribution < 1.29 is 19.1 Å². The van der Waals surface area contributed by atoms with Gasteiger partial charge in [-0.05, 0) is 43.4 Å². The summed E-state index contributed by atoms with van der Waals surface area (Å²) in [7, 11) is 0. The number of thioether (sulfide) groups is 1. The van der Waals surface area contributed by atoms with E-state index in [9.17, 15) is 14.4 Å². The molecule has 1 N–H and O–H groups in total. The first kappa shape index (κ1) is 20.5. The molecule has 1 fully saturated rings. The van der Waals surface area contributed by atoms with Gasteiger partial charge in [-0.3, -0.25) is 19.3 Å². The molecule has 146 valence electrons. The lowest BCUT2D eigenvalue weighted by Crippen LogP contribution is -2.51. The van der Waals surface area contributed by atoms with E-state index in [1.807, 2.05) is 6.26 Å². The number of fused-ring (bicyclic) bond motifs is 1. The van der Waals surface area contributed by atoms with E-state index in [2.05, 4.69) is 5.32 Å². The summed E-state index contributed by atoms with van der Waals surface area (Å²) in [5.74, 6) is -0.766. The predicted octanol–water partition coefficient (Wildman–Crippen LogP) is 3.01. The van der Waals surface area contributed by atoms with Crippen LogP contribution in [0.5, 0.6) is 0 Å². The highest BCUT2D eigenvalue weighted by atomic mass is 35.5. The minimum atomic E-state index is -0.885. The van der Waals surface area contributed by atoms with Crippen LogP contribution in [0, 0.1) is 0 Å². The molecule has 1 aromatic carbocycles. The van der Waals surface area contributed by atoms with Crippen molar-refractivity contribution in [2.45, 2.75) is 31.4 Å². The van der Waals surface area contributed by atoms with Crippen molar-refractivity contribution in [3.8, 4) is 0 Å². The number of benzene rings is 1. The van der Waals surface area contributed by atoms with Crippen molar-refractivity contribution in [2.24, 2.45) is 0 Å². The predicted molar refractivity (Wildman–Crippen MR) is 106 cm³/mol. The Kier molecular flexibility index (Phi) is 6.68. The van der Waals surface area contributed by atoms with E-state index in [0.29, 0.717) is 25.3 Å². The first-order chi connectivity index (χ1) is 12.9. The third-order valence-electron chi connectivity index (χ3n) is 4.70. The van der Waals surface area contributed by atoms with Gasteiger partial charge in [-0.2, -0.15) is 11.8 Å². The smallest absolute Gasteiger partial charge is 0.262 e. The van der Waals surface area contributed by atoms with Crippen LogP contribution in [0.2, 0.25) is 10.0 Å². The number of nitrogens with one attached hydrogen (secondary N) is 1. The van der Waals surface area contributed by atoms with Crippen LogP contribution in [0.4, 0.5) is 0 Å². The topological polar surface area (TPSA) is 75.7 Å². The summed E-state index contributed by atoms with van der Waals surface area (Å²) < 4.78 is 5.51. The van der Waals surface area contributed by atoms with Gasteiger partial charge in [0, 0.05) is 13.2 Å². The molecule has 2 aliphatic heterocycles. The second-order valence-corrected chi connectivity index (χ2v) is 8.27. The van der Waals surface area contributed by atoms with Gasteiger partial charge in [0.15, 0.2) is 0 Å². The molecule has 0 aliphatic carbocycles. The molecule has 3 rings (SSSR count). The summed E-state index contributed by atoms with van der Waals surface area (Å²) in [6.45, 7) is 1.06. The number of amides is 3. The van der Waals surface area contributed by atoms with Gasteiger partial charge in [-0.25, -0.2) is 0 Å². The Bertz CT molecular complexity index is 727. The largest absolute Gasteiger partial charge is 0.376 e. The van der Waals surface area contributed by atoms with Crippen LogP contribution in [0.3, 0.4) is 0 Å². The summed E-state index contributed by atoms with van der Waals surface area (Å²) in [6, 6.07) is 1.88. The van der Waals surface area contributed by atoms with Gasteiger partial charge in [0.1, 0.15) is 6.04 Å². The van der Waals surface area contributed by atoms with Crippen LogP contribution in [0.1, 0.15) is 40.0 Å². The van der Waals surface area contributed by atoms with Crippen molar-refractivity contribution in [3.63, 3.8) is 0 Å². The summed E-state index contributed by atoms with van der Waals surface area (Å²) in [6.07, 6.45) is 4.11. The van der Waals surface area contributed by atoms with Crippen LogP contribution < -0.4 is 5.32 Å². The molecule has 2 heterocycles. The van der Waals surface area contributed by atoms with Crippen molar-refractivity contribution in [1.29, 1.82) is 0 Å². The molecule has 27 heavy (non-hydrogen) atoms. The van der Waals surface area contributed by atoms with E-state index < -0.39 is 17.9 Å². The molecule has 0 radical (unpaired) electrons. The second kappa shape index (κ2) is 8.82. The molecule has 0 spiro atoms. The van der Waals surface area contributed by atoms with Gasteiger partial charge in [-0.1, -0.05) is 23.2 Å². The number of nitrogens with zero attached hydrogens (tertiary/aromatic N) is 1. The summed E-state index contributed by atoms with van der Waals surface area (Å²) in [5.41, 5.74) is 0.353. The van der Waals surface area contributed by atoms with Crippen LogP contribution >= 0.6 is 35.0 Å². The fourth-order valence-corrected chi connectivity index (χ4v) is 4.07. The summed E-state index contributed by atoms with van der Waals surface area (Å²) in [5, 5.41) is 3.22. The molecular weight excluding hydrogens is 411 g/mol. The number of imide groups is 1. The van der Waals surface area contributed by atoms with Crippen molar-refractivity contribution in [2.75, 3.05) is 25.2 Å². The van der Waals surface area contributed by atoms with Gasteiger partial charge in [-0.15, -0.1) is 0 Å². The molecule has 0 aromatic heterocycles. The highest BCUT2D eigenvalue weighted by Gasteiger charge is 2.43. The van der Waals surface area contributed by atoms with Crippen LogP contribution in [0.15, 0.2) is 12.1 Å². The Morgan fingerprint density at radius 2 is 1.93 bits per heavy atom. The maximum Gasteiger partial charge on any atom is 0.262 e. The highest BCUT2D eigenvalue weighted by molar-refractivity contribution is 7.98. The quantitative estimate of drug-likeness (QED) is 0.672. The van der Waals surface area contributed by atoms with Gasteiger partial charge >= 0.3 is 0 Å². The third kappa shape index (κ3) is 4.26. The molecule has 1 aromatic rings. The lowest BCUT2D eigenvalue weighted by atomic mass is 10.1. The molecule has 0 saturated carbocycles. The number of rotatable bonds is 7. The SMILES string of the molecule is CSCC[C@H](C(=O)NC[C@@H]1CCCO1)N1C(=O)c2cc(Cl)c(Cl)cc2C1=O. The number of halogens is 2. The third-order valence-corrected chi connectivity index (χ3v) is 6.06. The lowest BCUT2D eigenvalue weighted by Gasteiger charge is -2.25. The molecule has 2 atom stereocenters. The van der Waals surface area contributed by atoms with Crippen LogP contribution in [-0.4, -0.2) is 59.9 Å². The fraction of sp³-hybridized carbons (Fsp3) is 0.500. The van der Waals surface area contributed by atoms with E-state index >= 15 is 0 Å². The summed E-state index contributed by atoms with van der Waals surface area (Å²) >= 11 is 13.5. The maximum atomic E-state index is 12.8. The molecular formula is C18H20Cl2N2O4S. The van der Waals surface area contributed by atoms with E-state index in [1.165, 1.54) is 12.1 Å². The van der Waals surface area contributed by atoms with Crippen molar-refractivity contribution in [3.05, 3.63) is 33.3 Å². The Labute approximate surface area is 171 Å². The van der Waals surface area contributed by atoms with Crippen molar-refractivity contribution >= 4 is 52.7 Å². The average Bonchev–Trinajstić information content (AvgIpc) is 3.24. The zero-order valence-electron chi connectivity index (χ0n) is 14.8. The normalized spacial score (nSPS) is 20.1. The first-order valence-electron chi connectivity index (χ1n) is 8.69. The van der Waals surface area contributed by atoms with Crippen LogP contribution in [0.25, 0.3) is 0 Å². The number of hydrogen-bond acceptors (Lipinski definition) is 5. The lowest BCUT2D eigenvalue weighted by molar-refractivity contribution is -0.125. The zero-order chi connectivity index (χ0) is 19.6. The molecule has 9 heteroatoms. The zero-order valence-corrected chi connectivity index (χ0v) is 17.1. The number of carbonyl (C=O) groups excluding carboxylic acids is 3. The maximum absolute atomic E-state index is 12.8. The Morgan fingerprint density at radius 3 is 2.44 bits per heavy atom. The molecule has 3 amide bonds. The Hall–Kier alpha value is -1.28. The summed E-state index contributed by atoms with van der Waals surface area (Å²) in [4.78, 5) is 39.5. The average molecular weight is 431 g/mol. The van der Waals surface area contributed by atoms with E-state index in [1.54, 1.807) is 11.8 Å². The first-order valence-corrected chi connectivity index (χ1v) is 10.8. The monoisotopic (exact) mass is 430 g/mol. The van der Waals surface area contributed by atoms with Crippen molar-refractivity contribution in [1.82, 2.24) is 10.2 Å². The van der Waals surface area contributed by atoms with Crippen LogP contribution in [-0.2, 0) is 9.53 Å². The molecule has 1 saturated heterocycles. The van der Waals surface area contributed by atoms with Gasteiger partial charge in [0.2, 0.25) is 5.91 Å². The molecule has 2 aliphatic rings. The molecule has 0 unspecified atom stereocenters. The minimum absolute atomic E-state index is 0.0186. The number of carbonyl (C=O) groups is 3. The van der Waals surface area contributed by atoms with E-state index in [-0.39, 0.29) is 33.2 Å². The fourth-order valence-electron chi connectivity index (χ4n) is 3.28. The van der Waals surface area contributed by atoms with Gasteiger partial charge in [0.25, 0.3) is 11.8 Å². The molecule has 6 nitrogen and oxygen atoms in total. The van der Waals surface area contributed by atoms with Gasteiger partial charge in [0.05, 0.1) is 27.3 Å². The Morgan fingerprint density at radius 1 is 1.30 bits per heavy atom. The minimum Gasteiger partial charge on any atom is -0.376 e. The van der Waals surface area contributed by atoms with Gasteiger partial charge < -0.3 is 10.1 Å². The molecule has 0 bridgehead atoms. The highest BCUT2D eigenvalue weighted by Crippen LogP contribution is 2.33.